The first kappa shape index (κ1) is 29.0. The fraction of sp³-hybridized carbons (Fsp3) is 0.294. The van der Waals surface area contributed by atoms with Gasteiger partial charge in [0.15, 0.2) is 0 Å². The molecule has 11 heteroatoms. The lowest BCUT2D eigenvalue weighted by atomic mass is 9.49. The van der Waals surface area contributed by atoms with E-state index in [1.165, 1.54) is 44.5 Å². The minimum atomic E-state index is -1.59. The monoisotopic (exact) mass is 629 g/mol. The number of hydrazine groups is 1. The summed E-state index contributed by atoms with van der Waals surface area (Å²) in [6.45, 7) is 0. The van der Waals surface area contributed by atoms with Gasteiger partial charge in [-0.15, -0.1) is 0 Å². The second-order valence-corrected chi connectivity index (χ2v) is 12.5. The molecule has 4 aliphatic rings. The summed E-state index contributed by atoms with van der Waals surface area (Å²) >= 11 is 6.29. The Morgan fingerprint density at radius 3 is 2.36 bits per heavy atom. The Hall–Kier alpha value is -4.70. The van der Waals surface area contributed by atoms with Gasteiger partial charge in [0, 0.05) is 23.6 Å². The first-order chi connectivity index (χ1) is 21.6. The van der Waals surface area contributed by atoms with Gasteiger partial charge in [-0.05, 0) is 78.9 Å². The average Bonchev–Trinajstić information content (AvgIpc) is 3.39. The number of nitrogens with zero attached hydrogens (tertiary/aromatic N) is 2. The molecule has 0 aromatic heterocycles. The first-order valence-corrected chi connectivity index (χ1v) is 15.0. The maximum Gasteiger partial charge on any atom is 0.260 e. The van der Waals surface area contributed by atoms with E-state index < -0.39 is 52.6 Å². The fourth-order valence-corrected chi connectivity index (χ4v) is 8.17. The van der Waals surface area contributed by atoms with Gasteiger partial charge in [0.25, 0.3) is 11.8 Å². The van der Waals surface area contributed by atoms with Gasteiger partial charge >= 0.3 is 0 Å². The summed E-state index contributed by atoms with van der Waals surface area (Å²) in [7, 11) is 2.95. The maximum absolute atomic E-state index is 15.0. The third kappa shape index (κ3) is 4.11. The minimum Gasteiger partial charge on any atom is -0.508 e. The number of carbonyl (C=O) groups is 4. The average molecular weight is 630 g/mol. The molecule has 2 heterocycles. The Morgan fingerprint density at radius 2 is 1.67 bits per heavy atom. The minimum absolute atomic E-state index is 0.107. The summed E-state index contributed by atoms with van der Waals surface area (Å²) in [5.41, 5.74) is 3.17. The van der Waals surface area contributed by atoms with Crippen LogP contribution in [0.2, 0.25) is 5.02 Å². The number of amides is 4. The lowest BCUT2D eigenvalue weighted by Gasteiger charge is -2.50. The number of methoxy groups -OCH3 is 1. The standard InChI is InChI=1S/C34H29ClFN3O6/c1-38-30(41)23-13-12-22-24(28(23)32(38)43)16-26-31(42)39(37-20-9-7-19(36)8-10-20)33(44)34(26,17-3-5-18(35)6-4-17)29(22)25-15-21(45-2)11-14-27(25)40/h3-12,14-15,23-24,26,28-29,37,40H,13,16H2,1-2H3/t23-,24+,26-,28-,29+,34+/m0/s1. The van der Waals surface area contributed by atoms with E-state index in [2.05, 4.69) is 5.43 Å². The van der Waals surface area contributed by atoms with E-state index >= 15 is 4.79 Å². The number of rotatable bonds is 5. The summed E-state index contributed by atoms with van der Waals surface area (Å²) in [5, 5.41) is 12.8. The van der Waals surface area contributed by atoms with Crippen molar-refractivity contribution in [3.05, 3.63) is 100 Å². The highest BCUT2D eigenvalue weighted by Crippen LogP contribution is 2.65. The van der Waals surface area contributed by atoms with Gasteiger partial charge in [0.05, 0.1) is 36.0 Å². The second-order valence-electron chi connectivity index (χ2n) is 12.0. The zero-order chi connectivity index (χ0) is 31.8. The number of aromatic hydroxyl groups is 1. The molecule has 1 saturated carbocycles. The molecule has 0 bridgehead atoms. The number of anilines is 1. The highest BCUT2D eigenvalue weighted by molar-refractivity contribution is 6.30. The van der Waals surface area contributed by atoms with Crippen LogP contribution in [0, 0.1) is 29.5 Å². The number of phenols is 1. The Bertz CT molecular complexity index is 1790. The van der Waals surface area contributed by atoms with Gasteiger partial charge in [-0.2, -0.15) is 5.01 Å². The number of hydrogen-bond donors (Lipinski definition) is 2. The van der Waals surface area contributed by atoms with Gasteiger partial charge in [0.2, 0.25) is 11.8 Å². The van der Waals surface area contributed by atoms with Crippen LogP contribution < -0.4 is 10.2 Å². The Kier molecular flexibility index (Phi) is 6.74. The molecule has 9 nitrogen and oxygen atoms in total. The Balaban J connectivity index is 1.49. The summed E-state index contributed by atoms with van der Waals surface area (Å²) in [4.78, 5) is 57.3. The SMILES string of the molecule is COc1ccc(O)c([C@H]2C3=CC[C@@H]4C(=O)N(C)C(=O)[C@@H]4[C@@H]3C[C@H]3C(=O)N(Nc4ccc(F)cc4)C(=O)[C@@]23c2ccc(Cl)cc2)c1. The van der Waals surface area contributed by atoms with Crippen LogP contribution in [-0.2, 0) is 24.6 Å². The lowest BCUT2D eigenvalue weighted by Crippen LogP contribution is -2.53. The molecule has 2 aliphatic heterocycles. The van der Waals surface area contributed by atoms with Crippen molar-refractivity contribution in [3.63, 3.8) is 0 Å². The number of phenolic OH excluding ortho intramolecular Hbond substituents is 1. The van der Waals surface area contributed by atoms with E-state index in [9.17, 15) is 23.9 Å². The van der Waals surface area contributed by atoms with Crippen molar-refractivity contribution in [1.82, 2.24) is 9.91 Å². The van der Waals surface area contributed by atoms with Crippen LogP contribution in [0.4, 0.5) is 10.1 Å². The molecule has 2 N–H and O–H groups in total. The molecule has 2 saturated heterocycles. The predicted molar refractivity (Wildman–Crippen MR) is 161 cm³/mol. The molecule has 2 aliphatic carbocycles. The number of allylic oxidation sites excluding steroid dienone is 2. The Morgan fingerprint density at radius 1 is 0.956 bits per heavy atom. The molecule has 6 atom stereocenters. The highest BCUT2D eigenvalue weighted by Gasteiger charge is 2.70. The third-order valence-electron chi connectivity index (χ3n) is 10.0. The van der Waals surface area contributed by atoms with Crippen LogP contribution >= 0.6 is 11.6 Å². The number of benzene rings is 3. The van der Waals surface area contributed by atoms with Gasteiger partial charge in [-0.25, -0.2) is 4.39 Å². The molecule has 45 heavy (non-hydrogen) atoms. The quantitative estimate of drug-likeness (QED) is 0.307. The van der Waals surface area contributed by atoms with E-state index in [1.54, 1.807) is 36.4 Å². The number of imide groups is 2. The number of fused-ring (bicyclic) bond motifs is 4. The van der Waals surface area contributed by atoms with E-state index in [0.29, 0.717) is 33.2 Å². The van der Waals surface area contributed by atoms with Crippen LogP contribution in [0.15, 0.2) is 78.4 Å². The summed E-state index contributed by atoms with van der Waals surface area (Å²) in [6.07, 6.45) is 2.28. The molecular formula is C34H29ClFN3O6. The fourth-order valence-electron chi connectivity index (χ4n) is 8.05. The van der Waals surface area contributed by atoms with E-state index in [1.807, 2.05) is 6.08 Å². The molecule has 230 valence electrons. The number of ether oxygens (including phenoxy) is 1. The second kappa shape index (κ2) is 10.4. The van der Waals surface area contributed by atoms with E-state index in [-0.39, 0.29) is 30.4 Å². The first-order valence-electron chi connectivity index (χ1n) is 14.6. The molecule has 3 aromatic carbocycles. The zero-order valence-electron chi connectivity index (χ0n) is 24.4. The van der Waals surface area contributed by atoms with Crippen LogP contribution in [0.1, 0.15) is 29.9 Å². The molecule has 0 unspecified atom stereocenters. The molecule has 3 aromatic rings. The number of hydrogen-bond acceptors (Lipinski definition) is 7. The van der Waals surface area contributed by atoms with E-state index in [4.69, 9.17) is 16.3 Å². The van der Waals surface area contributed by atoms with Crippen LogP contribution in [0.3, 0.4) is 0 Å². The van der Waals surface area contributed by atoms with Crippen molar-refractivity contribution in [2.75, 3.05) is 19.6 Å². The molecule has 4 amide bonds. The normalized spacial score (nSPS) is 28.9. The number of carbonyl (C=O) groups excluding carboxylic acids is 4. The Labute approximate surface area is 263 Å². The third-order valence-corrected chi connectivity index (χ3v) is 10.3. The van der Waals surface area contributed by atoms with Crippen LogP contribution in [0.5, 0.6) is 11.5 Å². The van der Waals surface area contributed by atoms with Gasteiger partial charge in [-0.3, -0.25) is 29.5 Å². The lowest BCUT2D eigenvalue weighted by molar-refractivity contribution is -0.140. The predicted octanol–water partition coefficient (Wildman–Crippen LogP) is 4.81. The number of nitrogens with one attached hydrogen (secondary N) is 1. The van der Waals surface area contributed by atoms with Crippen molar-refractivity contribution in [1.29, 1.82) is 0 Å². The summed E-state index contributed by atoms with van der Waals surface area (Å²) < 4.78 is 19.2. The van der Waals surface area contributed by atoms with Crippen molar-refractivity contribution in [2.24, 2.45) is 23.7 Å². The smallest absolute Gasteiger partial charge is 0.260 e. The largest absolute Gasteiger partial charge is 0.508 e. The molecule has 0 radical (unpaired) electrons. The van der Waals surface area contributed by atoms with Gasteiger partial charge < -0.3 is 9.84 Å². The topological polar surface area (TPSA) is 116 Å². The summed E-state index contributed by atoms with van der Waals surface area (Å²) in [6, 6.07) is 16.7. The van der Waals surface area contributed by atoms with E-state index in [0.717, 1.165) is 9.91 Å². The summed E-state index contributed by atoms with van der Waals surface area (Å²) in [5.74, 6) is -5.70. The number of halogens is 2. The van der Waals surface area contributed by atoms with Gasteiger partial charge in [0.1, 0.15) is 17.3 Å². The highest BCUT2D eigenvalue weighted by atomic mass is 35.5. The van der Waals surface area contributed by atoms with Crippen molar-refractivity contribution in [3.8, 4) is 11.5 Å². The van der Waals surface area contributed by atoms with Crippen LogP contribution in [0.25, 0.3) is 0 Å². The molecule has 0 spiro atoms. The molecule has 3 fully saturated rings. The number of likely N-dealkylation sites (tertiary alicyclic amines) is 1. The van der Waals surface area contributed by atoms with Crippen molar-refractivity contribution >= 4 is 40.9 Å². The van der Waals surface area contributed by atoms with Crippen molar-refractivity contribution < 1.29 is 33.4 Å². The van der Waals surface area contributed by atoms with Crippen LogP contribution in [-0.4, -0.2) is 52.8 Å². The molecule has 7 rings (SSSR count). The van der Waals surface area contributed by atoms with Gasteiger partial charge in [-0.1, -0.05) is 35.4 Å². The molecular weight excluding hydrogens is 601 g/mol. The maximum atomic E-state index is 15.0. The zero-order valence-corrected chi connectivity index (χ0v) is 25.1. The van der Waals surface area contributed by atoms with Crippen molar-refractivity contribution in [2.45, 2.75) is 24.2 Å².